The predicted octanol–water partition coefficient (Wildman–Crippen LogP) is 1.55. The minimum absolute atomic E-state index is 0.233. The predicted molar refractivity (Wildman–Crippen MR) is 75.2 cm³/mol. The van der Waals surface area contributed by atoms with Crippen molar-refractivity contribution in [2.24, 2.45) is 5.73 Å². The second-order valence-corrected chi connectivity index (χ2v) is 4.37. The van der Waals surface area contributed by atoms with E-state index in [0.717, 1.165) is 5.56 Å². The topological polar surface area (TPSA) is 64.3 Å². The van der Waals surface area contributed by atoms with E-state index in [-0.39, 0.29) is 16.9 Å². The van der Waals surface area contributed by atoms with Crippen LogP contribution in [0.3, 0.4) is 0 Å². The molecule has 0 heterocycles. The van der Waals surface area contributed by atoms with E-state index in [1.165, 1.54) is 7.11 Å². The molecule has 1 rings (SSSR count). The lowest BCUT2D eigenvalue weighted by Gasteiger charge is -2.20. The van der Waals surface area contributed by atoms with Gasteiger partial charge in [-0.3, -0.25) is 4.79 Å². The molecule has 0 radical (unpaired) electrons. The molecule has 2 atom stereocenters. The van der Waals surface area contributed by atoms with Crippen LogP contribution >= 0.6 is 12.2 Å². The maximum atomic E-state index is 12.1. The van der Waals surface area contributed by atoms with Crippen LogP contribution in [-0.2, 0) is 9.53 Å². The highest BCUT2D eigenvalue weighted by atomic mass is 32.1. The van der Waals surface area contributed by atoms with Crippen molar-refractivity contribution in [2.45, 2.75) is 25.5 Å². The van der Waals surface area contributed by atoms with E-state index >= 15 is 0 Å². The number of carbonyl (C=O) groups excluding carboxylic acids is 1. The molecule has 0 saturated carbocycles. The van der Waals surface area contributed by atoms with Gasteiger partial charge in [-0.1, -0.05) is 49.5 Å². The fourth-order valence-electron chi connectivity index (χ4n) is 1.64. The lowest BCUT2D eigenvalue weighted by atomic mass is 10.1. The number of rotatable bonds is 6. The zero-order chi connectivity index (χ0) is 13.5. The number of methoxy groups -OCH3 is 1. The Morgan fingerprint density at radius 2 is 2.06 bits per heavy atom. The van der Waals surface area contributed by atoms with Crippen molar-refractivity contribution in [2.75, 3.05) is 7.11 Å². The number of nitrogens with one attached hydrogen (secondary N) is 1. The molecule has 2 unspecified atom stereocenters. The van der Waals surface area contributed by atoms with E-state index in [4.69, 9.17) is 22.7 Å². The molecule has 18 heavy (non-hydrogen) atoms. The Kier molecular flexibility index (Phi) is 5.74. The molecule has 4 nitrogen and oxygen atoms in total. The first-order valence-electron chi connectivity index (χ1n) is 5.77. The summed E-state index contributed by atoms with van der Waals surface area (Å²) in [6.45, 7) is 1.91. The van der Waals surface area contributed by atoms with Gasteiger partial charge in [0.25, 0.3) is 5.91 Å². The Hall–Kier alpha value is -1.46. The van der Waals surface area contributed by atoms with E-state index < -0.39 is 6.10 Å². The van der Waals surface area contributed by atoms with Crippen molar-refractivity contribution < 1.29 is 9.53 Å². The van der Waals surface area contributed by atoms with E-state index in [0.29, 0.717) is 6.42 Å². The van der Waals surface area contributed by atoms with Gasteiger partial charge in [0.05, 0.1) is 11.0 Å². The fourth-order valence-corrected chi connectivity index (χ4v) is 1.87. The van der Waals surface area contributed by atoms with E-state index in [1.54, 1.807) is 0 Å². The van der Waals surface area contributed by atoms with E-state index in [1.807, 2.05) is 37.3 Å². The molecule has 0 aliphatic rings. The van der Waals surface area contributed by atoms with Crippen molar-refractivity contribution in [3.63, 3.8) is 0 Å². The molecule has 0 aliphatic heterocycles. The Morgan fingerprint density at radius 1 is 1.44 bits per heavy atom. The molecule has 0 saturated heterocycles. The lowest BCUT2D eigenvalue weighted by Crippen LogP contribution is -2.45. The van der Waals surface area contributed by atoms with Crippen molar-refractivity contribution in [3.8, 4) is 0 Å². The number of ether oxygens (including phenoxy) is 1. The van der Waals surface area contributed by atoms with Crippen LogP contribution in [0, 0.1) is 0 Å². The number of benzene rings is 1. The number of amides is 1. The second kappa shape index (κ2) is 7.08. The summed E-state index contributed by atoms with van der Waals surface area (Å²) < 4.78 is 5.23. The number of hydrogen-bond acceptors (Lipinski definition) is 3. The van der Waals surface area contributed by atoms with Crippen LogP contribution in [0.5, 0.6) is 0 Å². The zero-order valence-corrected chi connectivity index (χ0v) is 11.4. The van der Waals surface area contributed by atoms with Gasteiger partial charge in [-0.05, 0) is 12.0 Å². The van der Waals surface area contributed by atoms with E-state index in [9.17, 15) is 4.79 Å². The molecule has 0 bridgehead atoms. The normalized spacial score (nSPS) is 13.7. The van der Waals surface area contributed by atoms with Gasteiger partial charge in [0, 0.05) is 7.11 Å². The monoisotopic (exact) mass is 266 g/mol. The third-order valence-electron chi connectivity index (χ3n) is 2.64. The molecule has 0 aliphatic carbocycles. The number of nitrogens with two attached hydrogens (primary N) is 1. The summed E-state index contributed by atoms with van der Waals surface area (Å²) >= 11 is 4.90. The van der Waals surface area contributed by atoms with Crippen LogP contribution in [0.2, 0.25) is 0 Å². The molecule has 3 N–H and O–H groups in total. The molecule has 1 aromatic carbocycles. The minimum Gasteiger partial charge on any atom is -0.392 e. The summed E-state index contributed by atoms with van der Waals surface area (Å²) in [6.07, 6.45) is 0.0151. The quantitative estimate of drug-likeness (QED) is 0.767. The van der Waals surface area contributed by atoms with Crippen molar-refractivity contribution in [3.05, 3.63) is 35.9 Å². The summed E-state index contributed by atoms with van der Waals surface area (Å²) in [6, 6.07) is 9.00. The highest BCUT2D eigenvalue weighted by Crippen LogP contribution is 2.16. The maximum Gasteiger partial charge on any atom is 0.254 e. The molecular weight excluding hydrogens is 248 g/mol. The van der Waals surface area contributed by atoms with Crippen molar-refractivity contribution in [1.29, 1.82) is 0 Å². The third-order valence-corrected chi connectivity index (χ3v) is 2.93. The molecule has 5 heteroatoms. The molecule has 0 fully saturated rings. The summed E-state index contributed by atoms with van der Waals surface area (Å²) in [5.74, 6) is -0.233. The Labute approximate surface area is 113 Å². The van der Waals surface area contributed by atoms with Gasteiger partial charge in [-0.2, -0.15) is 0 Å². The Balaban J connectivity index is 2.78. The Bertz CT molecular complexity index is 409. The minimum atomic E-state index is -0.644. The van der Waals surface area contributed by atoms with Gasteiger partial charge < -0.3 is 15.8 Å². The fraction of sp³-hybridized carbons (Fsp3) is 0.385. The largest absolute Gasteiger partial charge is 0.392 e. The van der Waals surface area contributed by atoms with Gasteiger partial charge >= 0.3 is 0 Å². The van der Waals surface area contributed by atoms with Crippen LogP contribution in [-0.4, -0.2) is 24.0 Å². The van der Waals surface area contributed by atoms with Crippen molar-refractivity contribution in [1.82, 2.24) is 5.32 Å². The molecule has 1 aromatic rings. The van der Waals surface area contributed by atoms with Gasteiger partial charge in [-0.15, -0.1) is 0 Å². The highest BCUT2D eigenvalue weighted by Gasteiger charge is 2.22. The third kappa shape index (κ3) is 3.78. The van der Waals surface area contributed by atoms with Gasteiger partial charge in [0.15, 0.2) is 6.10 Å². The summed E-state index contributed by atoms with van der Waals surface area (Å²) in [5, 5.41) is 2.79. The molecule has 1 amide bonds. The van der Waals surface area contributed by atoms with Gasteiger partial charge in [-0.25, -0.2) is 0 Å². The maximum absolute atomic E-state index is 12.1. The van der Waals surface area contributed by atoms with Gasteiger partial charge in [0.2, 0.25) is 0 Å². The lowest BCUT2D eigenvalue weighted by molar-refractivity contribution is -0.131. The zero-order valence-electron chi connectivity index (χ0n) is 10.6. The molecule has 0 spiro atoms. The average molecular weight is 266 g/mol. The van der Waals surface area contributed by atoms with Crippen LogP contribution in [0.25, 0.3) is 0 Å². The highest BCUT2D eigenvalue weighted by molar-refractivity contribution is 7.80. The van der Waals surface area contributed by atoms with Crippen LogP contribution in [0.15, 0.2) is 30.3 Å². The molecule has 0 aromatic heterocycles. The standard InChI is InChI=1S/C13H18N2O2S/c1-3-10(12(14)18)15-13(16)11(17-2)9-7-5-4-6-8-9/h4-8,10-11H,3H2,1-2H3,(H2,14,18)(H,15,16). The second-order valence-electron chi connectivity index (χ2n) is 3.90. The summed E-state index contributed by atoms with van der Waals surface area (Å²) in [4.78, 5) is 12.4. The number of carbonyl (C=O) groups is 1. The number of thiocarbonyl (C=S) groups is 1. The van der Waals surface area contributed by atoms with E-state index in [2.05, 4.69) is 5.32 Å². The van der Waals surface area contributed by atoms with Gasteiger partial charge in [0.1, 0.15) is 0 Å². The number of hydrogen-bond donors (Lipinski definition) is 2. The SMILES string of the molecule is CCC(NC(=O)C(OC)c1ccccc1)C(N)=S. The smallest absolute Gasteiger partial charge is 0.254 e. The van der Waals surface area contributed by atoms with Crippen molar-refractivity contribution >= 4 is 23.1 Å². The average Bonchev–Trinajstić information content (AvgIpc) is 2.37. The molecule has 98 valence electrons. The molecular formula is C13H18N2O2S. The Morgan fingerprint density at radius 3 is 2.50 bits per heavy atom. The first-order valence-corrected chi connectivity index (χ1v) is 6.18. The summed E-state index contributed by atoms with van der Waals surface area (Å²) in [7, 11) is 1.50. The van der Waals surface area contributed by atoms with Crippen LogP contribution in [0.4, 0.5) is 0 Å². The summed E-state index contributed by atoms with van der Waals surface area (Å²) in [5.41, 5.74) is 6.35. The van der Waals surface area contributed by atoms with Crippen LogP contribution < -0.4 is 11.1 Å². The first-order chi connectivity index (χ1) is 8.60. The van der Waals surface area contributed by atoms with Crippen LogP contribution in [0.1, 0.15) is 25.0 Å². The first kappa shape index (κ1) is 14.6.